The number of anilines is 1. The lowest BCUT2D eigenvalue weighted by atomic mass is 10.2. The van der Waals surface area contributed by atoms with E-state index in [9.17, 15) is 4.79 Å². The Bertz CT molecular complexity index is 542. The molecule has 1 aromatic rings. The van der Waals surface area contributed by atoms with E-state index in [0.717, 1.165) is 12.8 Å². The van der Waals surface area contributed by atoms with E-state index >= 15 is 0 Å². The Balaban J connectivity index is 2.05. The summed E-state index contributed by atoms with van der Waals surface area (Å²) in [5.74, 6) is 0.652. The molecule has 1 atom stereocenters. The first-order valence-electron chi connectivity index (χ1n) is 7.06. The zero-order valence-electron chi connectivity index (χ0n) is 12.0. The molecule has 2 rings (SSSR count). The molecule has 1 N–H and O–H groups in total. The lowest BCUT2D eigenvalue weighted by Gasteiger charge is -2.24. The highest BCUT2D eigenvalue weighted by Crippen LogP contribution is 2.25. The topological polar surface area (TPSA) is 90.3 Å². The van der Waals surface area contributed by atoms with Crippen LogP contribution < -0.4 is 10.1 Å². The number of likely N-dealkylation sites (tertiary alicyclic amines) is 1. The normalized spacial score (nSPS) is 17.2. The predicted octanol–water partition coefficient (Wildman–Crippen LogP) is 3.39. The smallest absolute Gasteiger partial charge is 0.322 e. The Labute approximate surface area is 123 Å². The van der Waals surface area contributed by atoms with E-state index in [2.05, 4.69) is 15.3 Å². The summed E-state index contributed by atoms with van der Waals surface area (Å²) in [6.07, 6.45) is 1.78. The van der Waals surface area contributed by atoms with Gasteiger partial charge in [-0.05, 0) is 37.4 Å². The molecule has 0 bridgehead atoms. The quantitative estimate of drug-likeness (QED) is 0.511. The van der Waals surface area contributed by atoms with E-state index in [1.165, 1.54) is 0 Å². The number of amides is 2. The number of ether oxygens (including phenoxy) is 1. The Morgan fingerprint density at radius 2 is 2.38 bits per heavy atom. The molecule has 1 aromatic carbocycles. The van der Waals surface area contributed by atoms with Gasteiger partial charge in [0.05, 0.1) is 12.3 Å². The van der Waals surface area contributed by atoms with E-state index in [1.54, 1.807) is 11.0 Å². The summed E-state index contributed by atoms with van der Waals surface area (Å²) in [5, 5.41) is 6.45. The van der Waals surface area contributed by atoms with Gasteiger partial charge >= 0.3 is 6.03 Å². The van der Waals surface area contributed by atoms with Crippen LogP contribution in [0.5, 0.6) is 5.75 Å². The van der Waals surface area contributed by atoms with Gasteiger partial charge < -0.3 is 15.0 Å². The molecule has 0 radical (unpaired) electrons. The molecule has 1 aliphatic heterocycles. The zero-order chi connectivity index (χ0) is 15.1. The highest BCUT2D eigenvalue weighted by molar-refractivity contribution is 5.91. The maximum atomic E-state index is 12.4. The van der Waals surface area contributed by atoms with Gasteiger partial charge in [-0.3, -0.25) is 0 Å². The van der Waals surface area contributed by atoms with E-state index < -0.39 is 0 Å². The number of hydrogen-bond donors (Lipinski definition) is 1. The third-order valence-electron chi connectivity index (χ3n) is 3.42. The van der Waals surface area contributed by atoms with Gasteiger partial charge in [0.1, 0.15) is 5.75 Å². The predicted molar refractivity (Wildman–Crippen MR) is 80.4 cm³/mol. The van der Waals surface area contributed by atoms with Gasteiger partial charge in [0.15, 0.2) is 0 Å². The van der Waals surface area contributed by atoms with Crippen molar-refractivity contribution in [2.45, 2.75) is 25.8 Å². The minimum atomic E-state index is -0.183. The van der Waals surface area contributed by atoms with Crippen LogP contribution in [0.2, 0.25) is 0 Å². The van der Waals surface area contributed by atoms with Gasteiger partial charge in [0.2, 0.25) is 0 Å². The van der Waals surface area contributed by atoms with Crippen LogP contribution in [-0.4, -0.2) is 36.7 Å². The van der Waals surface area contributed by atoms with Gasteiger partial charge in [0, 0.05) is 24.0 Å². The second-order valence-electron chi connectivity index (χ2n) is 4.76. The average molecular weight is 289 g/mol. The number of carbonyl (C=O) groups excluding carboxylic acids is 1. The maximum Gasteiger partial charge on any atom is 0.322 e. The van der Waals surface area contributed by atoms with Crippen molar-refractivity contribution in [3.63, 3.8) is 0 Å². The first-order valence-corrected chi connectivity index (χ1v) is 7.06. The molecular formula is C14H19N5O2. The number of azide groups is 1. The lowest BCUT2D eigenvalue weighted by Crippen LogP contribution is -2.40. The van der Waals surface area contributed by atoms with Crippen LogP contribution in [0.4, 0.5) is 10.5 Å². The van der Waals surface area contributed by atoms with Crippen LogP contribution in [0.25, 0.3) is 10.4 Å². The Kier molecular flexibility index (Phi) is 5.29. The summed E-state index contributed by atoms with van der Waals surface area (Å²) < 4.78 is 5.49. The number of nitrogens with one attached hydrogen (secondary N) is 1. The Morgan fingerprint density at radius 1 is 1.57 bits per heavy atom. The van der Waals surface area contributed by atoms with Crippen LogP contribution >= 0.6 is 0 Å². The van der Waals surface area contributed by atoms with E-state index in [1.807, 2.05) is 25.1 Å². The SMILES string of the molecule is CCOc1ccccc1NC(=O)N1CCCC1CN=[N+]=[N-]. The largest absolute Gasteiger partial charge is 0.492 e. The van der Waals surface area contributed by atoms with Crippen LogP contribution in [-0.2, 0) is 0 Å². The highest BCUT2D eigenvalue weighted by Gasteiger charge is 2.28. The molecular weight excluding hydrogens is 270 g/mol. The van der Waals surface area contributed by atoms with E-state index in [4.69, 9.17) is 10.3 Å². The summed E-state index contributed by atoms with van der Waals surface area (Å²) in [6, 6.07) is 7.13. The fraction of sp³-hybridized carbons (Fsp3) is 0.500. The number of urea groups is 1. The first-order chi connectivity index (χ1) is 10.3. The number of para-hydroxylation sites is 2. The van der Waals surface area contributed by atoms with Gasteiger partial charge in [-0.2, -0.15) is 0 Å². The van der Waals surface area contributed by atoms with Gasteiger partial charge in [-0.1, -0.05) is 17.2 Å². The highest BCUT2D eigenvalue weighted by atomic mass is 16.5. The van der Waals surface area contributed by atoms with Crippen molar-refractivity contribution in [3.8, 4) is 5.75 Å². The minimum Gasteiger partial charge on any atom is -0.492 e. The number of hydrogen-bond acceptors (Lipinski definition) is 3. The molecule has 0 aromatic heterocycles. The molecule has 7 heteroatoms. The summed E-state index contributed by atoms with van der Waals surface area (Å²) in [5.41, 5.74) is 9.06. The monoisotopic (exact) mass is 289 g/mol. The maximum absolute atomic E-state index is 12.4. The molecule has 0 spiro atoms. The van der Waals surface area contributed by atoms with Crippen molar-refractivity contribution in [3.05, 3.63) is 34.7 Å². The van der Waals surface area contributed by atoms with Crippen LogP contribution in [0.15, 0.2) is 29.4 Å². The van der Waals surface area contributed by atoms with Crippen LogP contribution in [0.1, 0.15) is 19.8 Å². The molecule has 112 valence electrons. The number of benzene rings is 1. The van der Waals surface area contributed by atoms with Gasteiger partial charge in [-0.15, -0.1) is 0 Å². The summed E-state index contributed by atoms with van der Waals surface area (Å²) >= 11 is 0. The number of rotatable bonds is 5. The molecule has 2 amide bonds. The fourth-order valence-corrected chi connectivity index (χ4v) is 2.46. The number of nitrogens with zero attached hydrogens (tertiary/aromatic N) is 4. The zero-order valence-corrected chi connectivity index (χ0v) is 12.0. The number of carbonyl (C=O) groups is 1. The van der Waals surface area contributed by atoms with E-state index in [-0.39, 0.29) is 12.1 Å². The molecule has 1 saturated heterocycles. The minimum absolute atomic E-state index is 0.0276. The Morgan fingerprint density at radius 3 is 3.14 bits per heavy atom. The van der Waals surface area contributed by atoms with Gasteiger partial charge in [-0.25, -0.2) is 4.79 Å². The molecule has 1 aliphatic rings. The van der Waals surface area contributed by atoms with Crippen molar-refractivity contribution >= 4 is 11.7 Å². The molecule has 21 heavy (non-hydrogen) atoms. The molecule has 0 saturated carbocycles. The van der Waals surface area contributed by atoms with Crippen LogP contribution in [0, 0.1) is 0 Å². The van der Waals surface area contributed by atoms with Crippen molar-refractivity contribution < 1.29 is 9.53 Å². The summed E-state index contributed by atoms with van der Waals surface area (Å²) in [6.45, 7) is 3.43. The van der Waals surface area contributed by atoms with Gasteiger partial charge in [0.25, 0.3) is 0 Å². The third kappa shape index (κ3) is 3.79. The second kappa shape index (κ2) is 7.40. The first kappa shape index (κ1) is 15.0. The molecule has 7 nitrogen and oxygen atoms in total. The standard InChI is InChI=1S/C14H19N5O2/c1-2-21-13-8-4-3-7-12(13)17-14(20)19-9-5-6-11(19)10-16-18-15/h3-4,7-8,11H,2,5-6,9-10H2,1H3,(H,17,20). The summed E-state index contributed by atoms with van der Waals surface area (Å²) in [7, 11) is 0. The average Bonchev–Trinajstić information content (AvgIpc) is 2.96. The molecule has 1 heterocycles. The second-order valence-corrected chi connectivity index (χ2v) is 4.76. The van der Waals surface area contributed by atoms with Crippen molar-refractivity contribution in [1.82, 2.24) is 4.90 Å². The van der Waals surface area contributed by atoms with E-state index in [0.29, 0.717) is 31.1 Å². The lowest BCUT2D eigenvalue weighted by molar-refractivity contribution is 0.207. The van der Waals surface area contributed by atoms with Crippen molar-refractivity contribution in [2.75, 3.05) is 25.0 Å². The molecule has 1 fully saturated rings. The summed E-state index contributed by atoms with van der Waals surface area (Å²) in [4.78, 5) is 16.9. The third-order valence-corrected chi connectivity index (χ3v) is 3.42. The molecule has 0 aliphatic carbocycles. The van der Waals surface area contributed by atoms with Crippen molar-refractivity contribution in [2.24, 2.45) is 5.11 Å². The molecule has 1 unspecified atom stereocenters. The van der Waals surface area contributed by atoms with Crippen LogP contribution in [0.3, 0.4) is 0 Å². The Hall–Kier alpha value is -2.40. The fourth-order valence-electron chi connectivity index (χ4n) is 2.46. The van der Waals surface area contributed by atoms with Crippen molar-refractivity contribution in [1.29, 1.82) is 0 Å².